The first kappa shape index (κ1) is 12.6. The SMILES string of the molecule is COC(=O)C(C)C(C)NCCc1ncno1. The molecule has 0 aromatic carbocycles. The molecule has 0 saturated carbocycles. The largest absolute Gasteiger partial charge is 0.469 e. The van der Waals surface area contributed by atoms with Crippen molar-refractivity contribution >= 4 is 5.97 Å². The van der Waals surface area contributed by atoms with Crippen molar-refractivity contribution in [3.05, 3.63) is 12.2 Å². The molecule has 2 atom stereocenters. The molecule has 1 heterocycles. The van der Waals surface area contributed by atoms with Crippen molar-refractivity contribution in [2.75, 3.05) is 13.7 Å². The van der Waals surface area contributed by atoms with E-state index >= 15 is 0 Å². The highest BCUT2D eigenvalue weighted by Crippen LogP contribution is 2.04. The van der Waals surface area contributed by atoms with Gasteiger partial charge in [-0.3, -0.25) is 4.79 Å². The summed E-state index contributed by atoms with van der Waals surface area (Å²) < 4.78 is 9.52. The molecule has 2 unspecified atom stereocenters. The minimum absolute atomic E-state index is 0.0513. The minimum Gasteiger partial charge on any atom is -0.469 e. The fraction of sp³-hybridized carbons (Fsp3) is 0.700. The molecule has 0 radical (unpaired) electrons. The van der Waals surface area contributed by atoms with Gasteiger partial charge in [0.25, 0.3) is 0 Å². The summed E-state index contributed by atoms with van der Waals surface area (Å²) in [7, 11) is 1.39. The van der Waals surface area contributed by atoms with Gasteiger partial charge in [0.05, 0.1) is 13.0 Å². The molecule has 1 N–H and O–H groups in total. The maximum absolute atomic E-state index is 11.2. The third-order valence-corrected chi connectivity index (χ3v) is 2.54. The summed E-state index contributed by atoms with van der Waals surface area (Å²) >= 11 is 0. The Hall–Kier alpha value is -1.43. The summed E-state index contributed by atoms with van der Waals surface area (Å²) in [5, 5.41) is 6.72. The number of esters is 1. The molecule has 0 aliphatic rings. The van der Waals surface area contributed by atoms with Crippen LogP contribution >= 0.6 is 0 Å². The van der Waals surface area contributed by atoms with Gasteiger partial charge >= 0.3 is 5.97 Å². The van der Waals surface area contributed by atoms with E-state index in [1.807, 2.05) is 13.8 Å². The summed E-state index contributed by atoms with van der Waals surface area (Å²) in [5.41, 5.74) is 0. The summed E-state index contributed by atoms with van der Waals surface area (Å²) in [6.07, 6.45) is 2.02. The molecule has 16 heavy (non-hydrogen) atoms. The Kier molecular flexibility index (Phi) is 4.91. The van der Waals surface area contributed by atoms with Gasteiger partial charge in [-0.05, 0) is 6.92 Å². The second kappa shape index (κ2) is 6.22. The van der Waals surface area contributed by atoms with Crippen LogP contribution in [-0.4, -0.2) is 35.8 Å². The normalized spacial score (nSPS) is 14.4. The van der Waals surface area contributed by atoms with Crippen LogP contribution in [0.4, 0.5) is 0 Å². The smallest absolute Gasteiger partial charge is 0.309 e. The van der Waals surface area contributed by atoms with E-state index in [0.29, 0.717) is 18.9 Å². The summed E-state index contributed by atoms with van der Waals surface area (Å²) in [6.45, 7) is 4.45. The van der Waals surface area contributed by atoms with Gasteiger partial charge < -0.3 is 14.6 Å². The first-order valence-electron chi connectivity index (χ1n) is 5.22. The maximum atomic E-state index is 11.2. The lowest BCUT2D eigenvalue weighted by molar-refractivity contribution is -0.145. The molecular weight excluding hydrogens is 210 g/mol. The van der Waals surface area contributed by atoms with Crippen molar-refractivity contribution in [1.29, 1.82) is 0 Å². The summed E-state index contributed by atoms with van der Waals surface area (Å²) in [4.78, 5) is 15.1. The Morgan fingerprint density at radius 1 is 1.62 bits per heavy atom. The number of carbonyl (C=O) groups excluding carboxylic acids is 1. The van der Waals surface area contributed by atoms with Gasteiger partial charge in [-0.1, -0.05) is 12.1 Å². The summed E-state index contributed by atoms with van der Waals surface area (Å²) in [5.74, 6) is 0.205. The quantitative estimate of drug-likeness (QED) is 0.709. The number of hydrogen-bond acceptors (Lipinski definition) is 6. The van der Waals surface area contributed by atoms with Gasteiger partial charge in [-0.2, -0.15) is 4.98 Å². The third-order valence-electron chi connectivity index (χ3n) is 2.54. The number of nitrogens with one attached hydrogen (secondary N) is 1. The monoisotopic (exact) mass is 227 g/mol. The standard InChI is InChI=1S/C10H17N3O3/c1-7(10(14)15-3)8(2)11-5-4-9-12-6-13-16-9/h6-8,11H,4-5H2,1-3H3. The Bertz CT molecular complexity index is 313. The molecule has 0 bridgehead atoms. The van der Waals surface area contributed by atoms with Crippen LogP contribution in [0.25, 0.3) is 0 Å². The van der Waals surface area contributed by atoms with Gasteiger partial charge in [0.2, 0.25) is 5.89 Å². The zero-order valence-corrected chi connectivity index (χ0v) is 9.77. The first-order chi connectivity index (χ1) is 7.65. The molecule has 90 valence electrons. The molecule has 0 spiro atoms. The van der Waals surface area contributed by atoms with Gasteiger partial charge in [0.1, 0.15) is 0 Å². The van der Waals surface area contributed by atoms with Crippen LogP contribution in [-0.2, 0) is 16.0 Å². The Morgan fingerprint density at radius 3 is 2.94 bits per heavy atom. The van der Waals surface area contributed by atoms with Crippen molar-refractivity contribution in [2.45, 2.75) is 26.3 Å². The van der Waals surface area contributed by atoms with Crippen molar-refractivity contribution in [2.24, 2.45) is 5.92 Å². The molecule has 0 aliphatic carbocycles. The Balaban J connectivity index is 2.24. The molecule has 1 aromatic heterocycles. The Labute approximate surface area is 94.4 Å². The van der Waals surface area contributed by atoms with E-state index in [4.69, 9.17) is 4.52 Å². The topological polar surface area (TPSA) is 77.2 Å². The number of hydrogen-bond donors (Lipinski definition) is 1. The molecule has 0 saturated heterocycles. The van der Waals surface area contributed by atoms with Crippen molar-refractivity contribution in [3.63, 3.8) is 0 Å². The van der Waals surface area contributed by atoms with E-state index in [-0.39, 0.29) is 17.9 Å². The second-order valence-corrected chi connectivity index (χ2v) is 3.64. The third kappa shape index (κ3) is 3.62. The second-order valence-electron chi connectivity index (χ2n) is 3.64. The van der Waals surface area contributed by atoms with Gasteiger partial charge in [-0.15, -0.1) is 0 Å². The highest BCUT2D eigenvalue weighted by Gasteiger charge is 2.20. The van der Waals surface area contributed by atoms with E-state index < -0.39 is 0 Å². The lowest BCUT2D eigenvalue weighted by Crippen LogP contribution is -2.37. The predicted molar refractivity (Wildman–Crippen MR) is 56.6 cm³/mol. The average Bonchev–Trinajstić information content (AvgIpc) is 2.79. The molecular formula is C10H17N3O3. The fourth-order valence-electron chi connectivity index (χ4n) is 1.28. The average molecular weight is 227 g/mol. The van der Waals surface area contributed by atoms with E-state index in [9.17, 15) is 4.79 Å². The number of aromatic nitrogens is 2. The lowest BCUT2D eigenvalue weighted by atomic mass is 10.0. The van der Waals surface area contributed by atoms with Crippen LogP contribution in [0.3, 0.4) is 0 Å². The van der Waals surface area contributed by atoms with Crippen LogP contribution in [0.5, 0.6) is 0 Å². The molecule has 0 amide bonds. The zero-order valence-electron chi connectivity index (χ0n) is 9.77. The zero-order chi connectivity index (χ0) is 12.0. The number of ether oxygens (including phenoxy) is 1. The predicted octanol–water partition coefficient (Wildman–Crippen LogP) is 0.399. The molecule has 6 heteroatoms. The van der Waals surface area contributed by atoms with E-state index in [0.717, 1.165) is 0 Å². The van der Waals surface area contributed by atoms with Crippen LogP contribution in [0.1, 0.15) is 19.7 Å². The van der Waals surface area contributed by atoms with Gasteiger partial charge in [-0.25, -0.2) is 0 Å². The van der Waals surface area contributed by atoms with E-state index in [2.05, 4.69) is 20.2 Å². The Morgan fingerprint density at radius 2 is 2.38 bits per heavy atom. The number of nitrogens with zero attached hydrogens (tertiary/aromatic N) is 2. The highest BCUT2D eigenvalue weighted by atomic mass is 16.5. The van der Waals surface area contributed by atoms with Crippen LogP contribution in [0.15, 0.2) is 10.9 Å². The molecule has 1 rings (SSSR count). The number of methoxy groups -OCH3 is 1. The number of rotatable bonds is 6. The van der Waals surface area contributed by atoms with E-state index in [1.165, 1.54) is 13.4 Å². The molecule has 0 aliphatic heterocycles. The van der Waals surface area contributed by atoms with Gasteiger partial charge in [0, 0.05) is 19.0 Å². The minimum atomic E-state index is -0.210. The lowest BCUT2D eigenvalue weighted by Gasteiger charge is -2.18. The summed E-state index contributed by atoms with van der Waals surface area (Å²) in [6, 6.07) is 0.0513. The van der Waals surface area contributed by atoms with Gasteiger partial charge in [0.15, 0.2) is 6.33 Å². The van der Waals surface area contributed by atoms with E-state index in [1.54, 1.807) is 0 Å². The van der Waals surface area contributed by atoms with Crippen LogP contribution in [0.2, 0.25) is 0 Å². The maximum Gasteiger partial charge on any atom is 0.309 e. The van der Waals surface area contributed by atoms with Crippen LogP contribution < -0.4 is 5.32 Å². The highest BCUT2D eigenvalue weighted by molar-refractivity contribution is 5.72. The molecule has 1 aromatic rings. The number of carbonyl (C=O) groups is 1. The van der Waals surface area contributed by atoms with Crippen molar-refractivity contribution in [1.82, 2.24) is 15.5 Å². The molecule has 6 nitrogen and oxygen atoms in total. The molecule has 0 fully saturated rings. The fourth-order valence-corrected chi connectivity index (χ4v) is 1.28. The van der Waals surface area contributed by atoms with Crippen molar-refractivity contribution < 1.29 is 14.1 Å². The van der Waals surface area contributed by atoms with Crippen LogP contribution in [0, 0.1) is 5.92 Å². The first-order valence-corrected chi connectivity index (χ1v) is 5.22. The van der Waals surface area contributed by atoms with Crippen molar-refractivity contribution in [3.8, 4) is 0 Å².